The molecule has 56 valence electrons. The quantitative estimate of drug-likeness (QED) is 0.510. The van der Waals surface area contributed by atoms with Gasteiger partial charge in [-0.1, -0.05) is 24.3 Å². The Hall–Kier alpha value is -0.780. The highest BCUT2D eigenvalue weighted by Gasteiger charge is 1.84. The van der Waals surface area contributed by atoms with Crippen LogP contribution >= 0.6 is 0 Å². The topological polar surface area (TPSA) is 0 Å². The van der Waals surface area contributed by atoms with E-state index in [0.29, 0.717) is 0 Å². The molecule has 0 N–H and O–H groups in total. The van der Waals surface area contributed by atoms with Crippen LogP contribution in [0.1, 0.15) is 27.7 Å². The third kappa shape index (κ3) is 3.29. The lowest BCUT2D eigenvalue weighted by Crippen LogP contribution is -1.74. The van der Waals surface area contributed by atoms with Crippen molar-refractivity contribution in [3.05, 3.63) is 35.5 Å². The summed E-state index contributed by atoms with van der Waals surface area (Å²) < 4.78 is 0. The summed E-state index contributed by atoms with van der Waals surface area (Å²) in [7, 11) is 0. The first-order valence-electron chi connectivity index (χ1n) is 3.65. The summed E-state index contributed by atoms with van der Waals surface area (Å²) >= 11 is 0. The summed E-state index contributed by atoms with van der Waals surface area (Å²) in [6.07, 6.45) is 8.36. The lowest BCUT2D eigenvalue weighted by atomic mass is 10.1. The van der Waals surface area contributed by atoms with E-state index in [0.717, 1.165) is 0 Å². The lowest BCUT2D eigenvalue weighted by molar-refractivity contribution is 1.36. The van der Waals surface area contributed by atoms with Crippen LogP contribution in [0.15, 0.2) is 35.5 Å². The van der Waals surface area contributed by atoms with Crippen molar-refractivity contribution in [3.8, 4) is 0 Å². The van der Waals surface area contributed by atoms with Crippen LogP contribution < -0.4 is 0 Å². The van der Waals surface area contributed by atoms with Crippen LogP contribution in [0.2, 0.25) is 0 Å². The Morgan fingerprint density at radius 2 is 1.10 bits per heavy atom. The summed E-state index contributed by atoms with van der Waals surface area (Å²) in [5.41, 5.74) is 2.67. The highest BCUT2D eigenvalue weighted by atomic mass is 13.9. The van der Waals surface area contributed by atoms with Gasteiger partial charge in [0.05, 0.1) is 0 Å². The van der Waals surface area contributed by atoms with Gasteiger partial charge in [-0.15, -0.1) is 0 Å². The van der Waals surface area contributed by atoms with Crippen molar-refractivity contribution >= 4 is 0 Å². The Labute approximate surface area is 64.0 Å². The molecule has 0 bridgehead atoms. The molecule has 0 saturated heterocycles. The van der Waals surface area contributed by atoms with Crippen LogP contribution in [-0.4, -0.2) is 0 Å². The molecule has 0 spiro atoms. The van der Waals surface area contributed by atoms with Gasteiger partial charge in [-0.25, -0.2) is 0 Å². The van der Waals surface area contributed by atoms with E-state index in [9.17, 15) is 0 Å². The van der Waals surface area contributed by atoms with Gasteiger partial charge in [0.2, 0.25) is 0 Å². The number of allylic oxidation sites excluding steroid dienone is 6. The first-order chi connectivity index (χ1) is 4.72. The monoisotopic (exact) mass is 136 g/mol. The Kier molecular flexibility index (Phi) is 4.65. The predicted octanol–water partition coefficient (Wildman–Crippen LogP) is 3.48. The molecule has 0 aliphatic heterocycles. The fourth-order valence-corrected chi connectivity index (χ4v) is 0.763. The molecular formula is C10H16. The SMILES string of the molecule is C/C=C/C(C)=C(C)/C=C/C. The maximum Gasteiger partial charge on any atom is -0.0395 e. The molecule has 0 heterocycles. The second-order valence-electron chi connectivity index (χ2n) is 2.37. The molecule has 0 aliphatic rings. The zero-order chi connectivity index (χ0) is 7.98. The Morgan fingerprint density at radius 1 is 0.800 bits per heavy atom. The van der Waals surface area contributed by atoms with Gasteiger partial charge in [0.1, 0.15) is 0 Å². The van der Waals surface area contributed by atoms with E-state index in [1.165, 1.54) is 11.1 Å². The molecule has 0 aromatic rings. The van der Waals surface area contributed by atoms with E-state index in [1.807, 2.05) is 13.8 Å². The van der Waals surface area contributed by atoms with Crippen molar-refractivity contribution in [1.29, 1.82) is 0 Å². The minimum atomic E-state index is 1.33. The molecular weight excluding hydrogens is 120 g/mol. The van der Waals surface area contributed by atoms with Crippen molar-refractivity contribution in [3.63, 3.8) is 0 Å². The summed E-state index contributed by atoms with van der Waals surface area (Å²) in [5.74, 6) is 0. The summed E-state index contributed by atoms with van der Waals surface area (Å²) in [4.78, 5) is 0. The van der Waals surface area contributed by atoms with Gasteiger partial charge in [0.15, 0.2) is 0 Å². The van der Waals surface area contributed by atoms with Gasteiger partial charge in [-0.3, -0.25) is 0 Å². The van der Waals surface area contributed by atoms with E-state index in [4.69, 9.17) is 0 Å². The maximum absolute atomic E-state index is 2.12. The number of rotatable bonds is 2. The molecule has 0 rings (SSSR count). The molecule has 0 aliphatic carbocycles. The van der Waals surface area contributed by atoms with Gasteiger partial charge in [-0.05, 0) is 38.8 Å². The molecule has 0 heteroatoms. The van der Waals surface area contributed by atoms with Gasteiger partial charge in [-0.2, -0.15) is 0 Å². The van der Waals surface area contributed by atoms with Crippen molar-refractivity contribution < 1.29 is 0 Å². The van der Waals surface area contributed by atoms with Gasteiger partial charge in [0.25, 0.3) is 0 Å². The summed E-state index contributed by atoms with van der Waals surface area (Å²) in [5, 5.41) is 0. The standard InChI is InChI=1S/C10H16/c1-5-7-9(3)10(4)8-6-2/h5-8H,1-4H3/b7-5+,8-6+,10-9+. The average molecular weight is 136 g/mol. The Bertz CT molecular complexity index is 148. The second kappa shape index (κ2) is 5.04. The van der Waals surface area contributed by atoms with E-state index in [2.05, 4.69) is 38.2 Å². The molecule has 0 nitrogen and oxygen atoms in total. The Morgan fingerprint density at radius 3 is 1.30 bits per heavy atom. The first-order valence-corrected chi connectivity index (χ1v) is 3.65. The van der Waals surface area contributed by atoms with Crippen LogP contribution in [0.4, 0.5) is 0 Å². The summed E-state index contributed by atoms with van der Waals surface area (Å²) in [6.45, 7) is 8.31. The van der Waals surface area contributed by atoms with Crippen molar-refractivity contribution in [1.82, 2.24) is 0 Å². The highest BCUT2D eigenvalue weighted by Crippen LogP contribution is 2.05. The van der Waals surface area contributed by atoms with E-state index >= 15 is 0 Å². The van der Waals surface area contributed by atoms with Crippen molar-refractivity contribution in [2.75, 3.05) is 0 Å². The fraction of sp³-hybridized carbons (Fsp3) is 0.400. The number of hydrogen-bond acceptors (Lipinski definition) is 0. The zero-order valence-electron chi connectivity index (χ0n) is 7.31. The van der Waals surface area contributed by atoms with E-state index in [1.54, 1.807) is 0 Å². The molecule has 0 fully saturated rings. The Balaban J connectivity index is 4.33. The molecule has 0 unspecified atom stereocenters. The average Bonchev–Trinajstić information content (AvgIpc) is 1.89. The van der Waals surface area contributed by atoms with Gasteiger partial charge < -0.3 is 0 Å². The molecule has 0 saturated carbocycles. The largest absolute Gasteiger partial charge is 0.0874 e. The van der Waals surface area contributed by atoms with Crippen LogP contribution in [0.25, 0.3) is 0 Å². The molecule has 10 heavy (non-hydrogen) atoms. The molecule has 0 atom stereocenters. The zero-order valence-corrected chi connectivity index (χ0v) is 7.31. The number of hydrogen-bond donors (Lipinski definition) is 0. The van der Waals surface area contributed by atoms with Crippen LogP contribution in [0, 0.1) is 0 Å². The lowest BCUT2D eigenvalue weighted by Gasteiger charge is -1.94. The third-order valence-corrected chi connectivity index (χ3v) is 1.46. The minimum Gasteiger partial charge on any atom is -0.0874 e. The van der Waals surface area contributed by atoms with Crippen LogP contribution in [-0.2, 0) is 0 Å². The normalized spacial score (nSPS) is 14.8. The van der Waals surface area contributed by atoms with E-state index < -0.39 is 0 Å². The van der Waals surface area contributed by atoms with Gasteiger partial charge in [0, 0.05) is 0 Å². The highest BCUT2D eigenvalue weighted by molar-refractivity contribution is 5.29. The molecule has 0 aromatic carbocycles. The maximum atomic E-state index is 2.12. The van der Waals surface area contributed by atoms with Crippen LogP contribution in [0.5, 0.6) is 0 Å². The van der Waals surface area contributed by atoms with Crippen molar-refractivity contribution in [2.45, 2.75) is 27.7 Å². The summed E-state index contributed by atoms with van der Waals surface area (Å²) in [6, 6.07) is 0. The predicted molar refractivity (Wildman–Crippen MR) is 48.0 cm³/mol. The first kappa shape index (κ1) is 9.22. The van der Waals surface area contributed by atoms with Gasteiger partial charge >= 0.3 is 0 Å². The van der Waals surface area contributed by atoms with E-state index in [-0.39, 0.29) is 0 Å². The third-order valence-electron chi connectivity index (χ3n) is 1.46. The molecule has 0 aromatic heterocycles. The molecule has 0 amide bonds. The molecule has 0 radical (unpaired) electrons. The second-order valence-corrected chi connectivity index (χ2v) is 2.37. The van der Waals surface area contributed by atoms with Crippen LogP contribution in [0.3, 0.4) is 0 Å². The van der Waals surface area contributed by atoms with Crippen molar-refractivity contribution in [2.24, 2.45) is 0 Å². The fourth-order valence-electron chi connectivity index (χ4n) is 0.763. The smallest absolute Gasteiger partial charge is 0.0395 e. The minimum absolute atomic E-state index is 1.33.